The smallest absolute Gasteiger partial charge is 0.242 e. The van der Waals surface area contributed by atoms with E-state index in [2.05, 4.69) is 15.3 Å². The van der Waals surface area contributed by atoms with Gasteiger partial charge in [0.05, 0.1) is 21.4 Å². The number of aryl methyl sites for hydroxylation is 2. The fraction of sp³-hybridized carbons (Fsp3) is 0.261. The van der Waals surface area contributed by atoms with E-state index >= 15 is 0 Å². The van der Waals surface area contributed by atoms with E-state index in [4.69, 9.17) is 0 Å². The standard InChI is InChI=1S/C23H25N5O3S/c1-4-28-21-10-8-18(32(30,31)27(2)3)15-20(21)26-22(28)11-12-23(29)25-17-7-9-19-16(14-17)6-5-13-24-19/h5-10,13-15H,4,11-12H2,1-3H3,(H,25,29). The number of nitrogens with zero attached hydrogens (tertiary/aromatic N) is 4. The number of fused-ring (bicyclic) bond motifs is 2. The van der Waals surface area contributed by atoms with Crippen LogP contribution in [-0.2, 0) is 27.8 Å². The molecule has 0 spiro atoms. The molecule has 0 aliphatic carbocycles. The molecule has 0 saturated heterocycles. The van der Waals surface area contributed by atoms with Crippen LogP contribution in [0.1, 0.15) is 19.2 Å². The summed E-state index contributed by atoms with van der Waals surface area (Å²) in [5.41, 5.74) is 3.05. The van der Waals surface area contributed by atoms with Crippen LogP contribution >= 0.6 is 0 Å². The predicted molar refractivity (Wildman–Crippen MR) is 125 cm³/mol. The molecule has 0 saturated carbocycles. The molecule has 2 heterocycles. The molecule has 2 aromatic carbocycles. The van der Waals surface area contributed by atoms with Crippen LogP contribution in [0.5, 0.6) is 0 Å². The van der Waals surface area contributed by atoms with Gasteiger partial charge in [0.15, 0.2) is 0 Å². The van der Waals surface area contributed by atoms with Crippen LogP contribution in [0.15, 0.2) is 59.6 Å². The number of amides is 1. The van der Waals surface area contributed by atoms with Gasteiger partial charge in [-0.3, -0.25) is 9.78 Å². The van der Waals surface area contributed by atoms with Gasteiger partial charge in [0.1, 0.15) is 5.82 Å². The van der Waals surface area contributed by atoms with Gasteiger partial charge in [-0.1, -0.05) is 6.07 Å². The summed E-state index contributed by atoms with van der Waals surface area (Å²) in [4.78, 5) is 21.7. The Balaban J connectivity index is 1.52. The minimum absolute atomic E-state index is 0.112. The van der Waals surface area contributed by atoms with Gasteiger partial charge in [-0.2, -0.15) is 0 Å². The molecule has 8 nitrogen and oxygen atoms in total. The van der Waals surface area contributed by atoms with Crippen LogP contribution in [0.3, 0.4) is 0 Å². The highest BCUT2D eigenvalue weighted by Gasteiger charge is 2.19. The number of imidazole rings is 1. The van der Waals surface area contributed by atoms with Crippen molar-refractivity contribution in [3.63, 3.8) is 0 Å². The molecule has 32 heavy (non-hydrogen) atoms. The van der Waals surface area contributed by atoms with E-state index < -0.39 is 10.0 Å². The Kier molecular flexibility index (Phi) is 5.94. The van der Waals surface area contributed by atoms with Gasteiger partial charge in [-0.05, 0) is 49.4 Å². The molecule has 4 rings (SSSR count). The van der Waals surface area contributed by atoms with Gasteiger partial charge >= 0.3 is 0 Å². The summed E-state index contributed by atoms with van der Waals surface area (Å²) in [5, 5.41) is 3.89. The Morgan fingerprint density at radius 3 is 2.66 bits per heavy atom. The predicted octanol–water partition coefficient (Wildman–Crippen LogP) is 3.43. The number of benzene rings is 2. The number of carbonyl (C=O) groups excluding carboxylic acids is 1. The molecular weight excluding hydrogens is 426 g/mol. The summed E-state index contributed by atoms with van der Waals surface area (Å²) < 4.78 is 28.1. The third kappa shape index (κ3) is 4.21. The number of hydrogen-bond donors (Lipinski definition) is 1. The zero-order valence-electron chi connectivity index (χ0n) is 18.2. The van der Waals surface area contributed by atoms with E-state index in [9.17, 15) is 13.2 Å². The van der Waals surface area contributed by atoms with E-state index in [0.717, 1.165) is 27.9 Å². The fourth-order valence-corrected chi connectivity index (χ4v) is 4.60. The molecule has 0 fully saturated rings. The second-order valence-electron chi connectivity index (χ2n) is 7.67. The number of nitrogens with one attached hydrogen (secondary N) is 1. The van der Waals surface area contributed by atoms with E-state index in [0.29, 0.717) is 18.5 Å². The van der Waals surface area contributed by atoms with Crippen LogP contribution < -0.4 is 5.32 Å². The molecule has 0 bridgehead atoms. The Labute approximate surface area is 186 Å². The number of sulfonamides is 1. The van der Waals surface area contributed by atoms with Crippen molar-refractivity contribution >= 4 is 43.6 Å². The summed E-state index contributed by atoms with van der Waals surface area (Å²) >= 11 is 0. The Bertz CT molecular complexity index is 1410. The minimum atomic E-state index is -3.54. The first kappa shape index (κ1) is 21.9. The van der Waals surface area contributed by atoms with Gasteiger partial charge in [0.2, 0.25) is 15.9 Å². The second-order valence-corrected chi connectivity index (χ2v) is 9.82. The van der Waals surface area contributed by atoms with Crippen LogP contribution in [0.25, 0.3) is 21.9 Å². The summed E-state index contributed by atoms with van der Waals surface area (Å²) in [6, 6.07) is 14.4. The minimum Gasteiger partial charge on any atom is -0.328 e. The molecule has 4 aromatic rings. The van der Waals surface area contributed by atoms with Crippen molar-refractivity contribution in [1.29, 1.82) is 0 Å². The monoisotopic (exact) mass is 451 g/mol. The normalized spacial score (nSPS) is 12.0. The lowest BCUT2D eigenvalue weighted by Crippen LogP contribution is -2.22. The van der Waals surface area contributed by atoms with Crippen molar-refractivity contribution in [2.45, 2.75) is 31.2 Å². The fourth-order valence-electron chi connectivity index (χ4n) is 3.68. The summed E-state index contributed by atoms with van der Waals surface area (Å²) in [5.74, 6) is 0.638. The van der Waals surface area contributed by atoms with Crippen LogP contribution in [-0.4, -0.2) is 47.3 Å². The van der Waals surface area contributed by atoms with E-state index in [-0.39, 0.29) is 17.2 Å². The van der Waals surface area contributed by atoms with Crippen LogP contribution in [0, 0.1) is 0 Å². The van der Waals surface area contributed by atoms with Gasteiger partial charge < -0.3 is 9.88 Å². The van der Waals surface area contributed by atoms with Gasteiger partial charge in [-0.15, -0.1) is 0 Å². The number of hydrogen-bond acceptors (Lipinski definition) is 5. The summed E-state index contributed by atoms with van der Waals surface area (Å²) in [6.45, 7) is 2.67. The van der Waals surface area contributed by atoms with Gasteiger partial charge in [0, 0.05) is 50.8 Å². The average Bonchev–Trinajstić information content (AvgIpc) is 3.14. The first-order valence-corrected chi connectivity index (χ1v) is 11.8. The molecule has 0 radical (unpaired) electrons. The van der Waals surface area contributed by atoms with Crippen molar-refractivity contribution in [3.05, 3.63) is 60.6 Å². The zero-order valence-corrected chi connectivity index (χ0v) is 19.1. The Hall–Kier alpha value is -3.30. The maximum atomic E-state index is 12.5. The molecular formula is C23H25N5O3S. The Morgan fingerprint density at radius 2 is 1.91 bits per heavy atom. The quantitative estimate of drug-likeness (QED) is 0.464. The highest BCUT2D eigenvalue weighted by atomic mass is 32.2. The molecule has 2 aromatic heterocycles. The largest absolute Gasteiger partial charge is 0.328 e. The number of carbonyl (C=O) groups is 1. The van der Waals surface area contributed by atoms with Crippen molar-refractivity contribution in [2.24, 2.45) is 0 Å². The third-order valence-electron chi connectivity index (χ3n) is 5.36. The maximum Gasteiger partial charge on any atom is 0.242 e. The third-order valence-corrected chi connectivity index (χ3v) is 7.17. The highest BCUT2D eigenvalue weighted by Crippen LogP contribution is 2.23. The molecule has 0 atom stereocenters. The molecule has 1 N–H and O–H groups in total. The van der Waals surface area contributed by atoms with Crippen LogP contribution in [0.4, 0.5) is 5.69 Å². The lowest BCUT2D eigenvalue weighted by Gasteiger charge is -2.11. The molecule has 0 aliphatic rings. The van der Waals surface area contributed by atoms with Crippen molar-refractivity contribution < 1.29 is 13.2 Å². The van der Waals surface area contributed by atoms with E-state index in [1.165, 1.54) is 18.4 Å². The van der Waals surface area contributed by atoms with Crippen molar-refractivity contribution in [2.75, 3.05) is 19.4 Å². The van der Waals surface area contributed by atoms with Gasteiger partial charge in [-0.25, -0.2) is 17.7 Å². The zero-order chi connectivity index (χ0) is 22.9. The number of aromatic nitrogens is 3. The number of rotatable bonds is 7. The first-order chi connectivity index (χ1) is 15.3. The highest BCUT2D eigenvalue weighted by molar-refractivity contribution is 7.89. The number of anilines is 1. The van der Waals surface area contributed by atoms with E-state index in [1.807, 2.05) is 41.8 Å². The SMILES string of the molecule is CCn1c(CCC(=O)Nc2ccc3ncccc3c2)nc2cc(S(=O)(=O)N(C)C)ccc21. The topological polar surface area (TPSA) is 97.2 Å². The molecule has 9 heteroatoms. The lowest BCUT2D eigenvalue weighted by molar-refractivity contribution is -0.116. The summed E-state index contributed by atoms with van der Waals surface area (Å²) in [6.07, 6.45) is 2.44. The van der Waals surface area contributed by atoms with Crippen LogP contribution in [0.2, 0.25) is 0 Å². The molecule has 0 aliphatic heterocycles. The Morgan fingerprint density at radius 1 is 1.09 bits per heavy atom. The average molecular weight is 452 g/mol. The maximum absolute atomic E-state index is 12.5. The van der Waals surface area contributed by atoms with Crippen molar-refractivity contribution in [1.82, 2.24) is 18.8 Å². The number of pyridine rings is 1. The van der Waals surface area contributed by atoms with Crippen molar-refractivity contribution in [3.8, 4) is 0 Å². The first-order valence-electron chi connectivity index (χ1n) is 10.4. The van der Waals surface area contributed by atoms with Gasteiger partial charge in [0.25, 0.3) is 0 Å². The molecule has 166 valence electrons. The molecule has 1 amide bonds. The molecule has 0 unspecified atom stereocenters. The summed E-state index contributed by atoms with van der Waals surface area (Å²) in [7, 11) is -0.539. The lowest BCUT2D eigenvalue weighted by atomic mass is 10.2. The van der Waals surface area contributed by atoms with E-state index in [1.54, 1.807) is 24.4 Å². The second kappa shape index (κ2) is 8.68.